The number of benzene rings is 2. The number of aromatic nitrogens is 3. The minimum absolute atomic E-state index is 0.109. The summed E-state index contributed by atoms with van der Waals surface area (Å²) in [5, 5.41) is 0. The van der Waals surface area contributed by atoms with Crippen LogP contribution in [0.25, 0.3) is 16.8 Å². The molecule has 2 unspecified atom stereocenters. The van der Waals surface area contributed by atoms with Crippen molar-refractivity contribution in [3.8, 4) is 22.8 Å². The molecule has 32 heavy (non-hydrogen) atoms. The van der Waals surface area contributed by atoms with Crippen LogP contribution in [0, 0.1) is 5.92 Å². The molecule has 0 spiro atoms. The summed E-state index contributed by atoms with van der Waals surface area (Å²) in [5.74, 6) is 3.56. The summed E-state index contributed by atoms with van der Waals surface area (Å²) in [6.07, 6.45) is 7.48. The van der Waals surface area contributed by atoms with E-state index in [4.69, 9.17) is 15.5 Å². The SMILES string of the molecule is CC(=O)C1CCCC(c2nc(-c3ccc(Oc4ccccc4)cc3)c3c(N)nccn23)C1. The fraction of sp³-hybridized carbons (Fsp3) is 0.269. The lowest BCUT2D eigenvalue weighted by Crippen LogP contribution is -2.21. The van der Waals surface area contributed by atoms with Gasteiger partial charge in [0.15, 0.2) is 0 Å². The normalized spacial score (nSPS) is 18.5. The zero-order valence-corrected chi connectivity index (χ0v) is 18.1. The van der Waals surface area contributed by atoms with E-state index in [-0.39, 0.29) is 17.6 Å². The molecular weight excluding hydrogens is 400 g/mol. The van der Waals surface area contributed by atoms with Crippen LogP contribution in [0.4, 0.5) is 5.82 Å². The molecule has 6 heteroatoms. The molecule has 0 amide bonds. The average Bonchev–Trinajstić information content (AvgIpc) is 3.21. The standard InChI is InChI=1S/C26H26N4O2/c1-17(31)19-6-5-7-20(16-19)26-29-23(24-25(27)28-14-15-30(24)26)18-10-12-22(13-11-18)32-21-8-3-2-4-9-21/h2-4,8-15,19-20H,5-7,16H2,1H3,(H2,27,28). The first-order chi connectivity index (χ1) is 15.6. The Hall–Kier alpha value is -3.67. The highest BCUT2D eigenvalue weighted by molar-refractivity contribution is 5.85. The summed E-state index contributed by atoms with van der Waals surface area (Å²) in [6.45, 7) is 1.70. The van der Waals surface area contributed by atoms with Gasteiger partial charge in [-0.15, -0.1) is 0 Å². The third-order valence-corrected chi connectivity index (χ3v) is 6.33. The number of hydrogen-bond donors (Lipinski definition) is 1. The largest absolute Gasteiger partial charge is 0.457 e. The van der Waals surface area contributed by atoms with Crippen LogP contribution in [0.15, 0.2) is 67.0 Å². The Balaban J connectivity index is 1.51. The van der Waals surface area contributed by atoms with Gasteiger partial charge in [-0.1, -0.05) is 24.6 Å². The number of nitrogen functional groups attached to an aromatic ring is 1. The van der Waals surface area contributed by atoms with E-state index in [2.05, 4.69) is 9.38 Å². The van der Waals surface area contributed by atoms with Crippen LogP contribution in [0.1, 0.15) is 44.3 Å². The molecule has 2 N–H and O–H groups in total. The highest BCUT2D eigenvalue weighted by atomic mass is 16.5. The van der Waals surface area contributed by atoms with Crippen LogP contribution in [0.3, 0.4) is 0 Å². The number of anilines is 1. The lowest BCUT2D eigenvalue weighted by Gasteiger charge is -2.26. The second-order valence-electron chi connectivity index (χ2n) is 8.46. The average molecular weight is 427 g/mol. The highest BCUT2D eigenvalue weighted by Crippen LogP contribution is 2.39. The van der Waals surface area contributed by atoms with Crippen LogP contribution < -0.4 is 10.5 Å². The third-order valence-electron chi connectivity index (χ3n) is 6.33. The van der Waals surface area contributed by atoms with Gasteiger partial charge in [-0.2, -0.15) is 0 Å². The number of nitrogens with two attached hydrogens (primary N) is 1. The van der Waals surface area contributed by atoms with Gasteiger partial charge in [0.25, 0.3) is 0 Å². The van der Waals surface area contributed by atoms with E-state index in [1.54, 1.807) is 13.1 Å². The van der Waals surface area contributed by atoms with Gasteiger partial charge in [-0.3, -0.25) is 9.20 Å². The number of Topliss-reactive ketones (excluding diaryl/α,β-unsaturated/α-hetero) is 1. The zero-order chi connectivity index (χ0) is 22.1. The van der Waals surface area contributed by atoms with Crippen LogP contribution >= 0.6 is 0 Å². The monoisotopic (exact) mass is 426 g/mol. The molecule has 2 atom stereocenters. The number of carbonyl (C=O) groups excluding carboxylic acids is 1. The maximum atomic E-state index is 12.0. The molecule has 162 valence electrons. The van der Waals surface area contributed by atoms with E-state index in [0.717, 1.165) is 59.8 Å². The van der Waals surface area contributed by atoms with E-state index in [1.807, 2.05) is 60.8 Å². The Labute approximate surface area is 187 Å². The number of ether oxygens (including phenoxy) is 1. The summed E-state index contributed by atoms with van der Waals surface area (Å²) >= 11 is 0. The number of imidazole rings is 1. The fourth-order valence-electron chi connectivity index (χ4n) is 4.68. The van der Waals surface area contributed by atoms with Gasteiger partial charge >= 0.3 is 0 Å². The van der Waals surface area contributed by atoms with E-state index in [1.165, 1.54) is 0 Å². The van der Waals surface area contributed by atoms with Crippen molar-refractivity contribution in [1.29, 1.82) is 0 Å². The maximum absolute atomic E-state index is 12.0. The molecule has 0 radical (unpaired) electrons. The van der Waals surface area contributed by atoms with Gasteiger partial charge in [0.05, 0.1) is 0 Å². The molecule has 1 saturated carbocycles. The number of nitrogens with zero attached hydrogens (tertiary/aromatic N) is 3. The van der Waals surface area contributed by atoms with Crippen LogP contribution in [-0.4, -0.2) is 20.2 Å². The van der Waals surface area contributed by atoms with Crippen molar-refractivity contribution < 1.29 is 9.53 Å². The molecule has 6 nitrogen and oxygen atoms in total. The number of ketones is 1. The predicted octanol–water partition coefficient (Wildman–Crippen LogP) is 5.63. The minimum Gasteiger partial charge on any atom is -0.457 e. The van der Waals surface area contributed by atoms with Crippen LogP contribution in [-0.2, 0) is 4.79 Å². The summed E-state index contributed by atoms with van der Waals surface area (Å²) in [7, 11) is 0. The quantitative estimate of drug-likeness (QED) is 0.447. The molecule has 2 aromatic carbocycles. The summed E-state index contributed by atoms with van der Waals surface area (Å²) < 4.78 is 7.98. The molecule has 2 heterocycles. The van der Waals surface area contributed by atoms with Gasteiger partial charge in [-0.05, 0) is 62.6 Å². The summed E-state index contributed by atoms with van der Waals surface area (Å²) in [6, 6.07) is 17.6. The van der Waals surface area contributed by atoms with Crippen molar-refractivity contribution in [1.82, 2.24) is 14.4 Å². The van der Waals surface area contributed by atoms with Crippen molar-refractivity contribution in [2.45, 2.75) is 38.5 Å². The van der Waals surface area contributed by atoms with Crippen molar-refractivity contribution in [3.05, 3.63) is 72.8 Å². The molecule has 1 aliphatic carbocycles. The van der Waals surface area contributed by atoms with E-state index >= 15 is 0 Å². The highest BCUT2D eigenvalue weighted by Gasteiger charge is 2.30. The lowest BCUT2D eigenvalue weighted by atomic mass is 9.79. The van der Waals surface area contributed by atoms with Crippen LogP contribution in [0.2, 0.25) is 0 Å². The van der Waals surface area contributed by atoms with Gasteiger partial charge in [0.2, 0.25) is 0 Å². The first kappa shape index (κ1) is 20.2. The van der Waals surface area contributed by atoms with Crippen molar-refractivity contribution in [2.75, 3.05) is 5.73 Å². The summed E-state index contributed by atoms with van der Waals surface area (Å²) in [5.41, 5.74) is 8.86. The molecule has 4 aromatic rings. The number of para-hydroxylation sites is 1. The smallest absolute Gasteiger partial charge is 0.150 e. The molecule has 0 saturated heterocycles. The molecule has 0 aliphatic heterocycles. The lowest BCUT2D eigenvalue weighted by molar-refractivity contribution is -0.121. The molecule has 5 rings (SSSR count). The Bertz CT molecular complexity index is 1250. The second-order valence-corrected chi connectivity index (χ2v) is 8.46. The fourth-order valence-corrected chi connectivity index (χ4v) is 4.68. The van der Waals surface area contributed by atoms with Gasteiger partial charge < -0.3 is 10.5 Å². The Morgan fingerprint density at radius 1 is 1.06 bits per heavy atom. The van der Waals surface area contributed by atoms with E-state index in [0.29, 0.717) is 5.82 Å². The third kappa shape index (κ3) is 3.84. The first-order valence-corrected chi connectivity index (χ1v) is 11.1. The number of fused-ring (bicyclic) bond motifs is 1. The number of carbonyl (C=O) groups is 1. The first-order valence-electron chi connectivity index (χ1n) is 11.1. The summed E-state index contributed by atoms with van der Waals surface area (Å²) in [4.78, 5) is 21.4. The molecule has 0 bridgehead atoms. The minimum atomic E-state index is 0.109. The van der Waals surface area contributed by atoms with Gasteiger partial charge in [-0.25, -0.2) is 9.97 Å². The molecular formula is C26H26N4O2. The Morgan fingerprint density at radius 3 is 2.56 bits per heavy atom. The zero-order valence-electron chi connectivity index (χ0n) is 18.1. The predicted molar refractivity (Wildman–Crippen MR) is 125 cm³/mol. The Kier molecular flexibility index (Phi) is 5.35. The molecule has 1 fully saturated rings. The second kappa shape index (κ2) is 8.46. The van der Waals surface area contributed by atoms with Gasteiger partial charge in [0.1, 0.15) is 40.1 Å². The van der Waals surface area contributed by atoms with E-state index < -0.39 is 0 Å². The molecule has 2 aromatic heterocycles. The molecule has 1 aliphatic rings. The van der Waals surface area contributed by atoms with Crippen molar-refractivity contribution >= 4 is 17.1 Å². The number of hydrogen-bond acceptors (Lipinski definition) is 5. The van der Waals surface area contributed by atoms with Crippen LogP contribution in [0.5, 0.6) is 11.5 Å². The van der Waals surface area contributed by atoms with Crippen molar-refractivity contribution in [2.24, 2.45) is 5.92 Å². The number of rotatable bonds is 5. The topological polar surface area (TPSA) is 82.5 Å². The maximum Gasteiger partial charge on any atom is 0.150 e. The van der Waals surface area contributed by atoms with Crippen molar-refractivity contribution in [3.63, 3.8) is 0 Å². The van der Waals surface area contributed by atoms with Gasteiger partial charge in [0, 0.05) is 29.8 Å². The van der Waals surface area contributed by atoms with E-state index in [9.17, 15) is 4.79 Å². The Morgan fingerprint density at radius 2 is 1.81 bits per heavy atom.